The molecule has 0 aliphatic heterocycles. The number of aryl methyl sites for hydroxylation is 2. The first-order valence-electron chi connectivity index (χ1n) is 8.90. The maximum Gasteiger partial charge on any atom is 0.258 e. The molecule has 5 nitrogen and oxygen atoms in total. The van der Waals surface area contributed by atoms with Crippen LogP contribution in [0.4, 0.5) is 5.13 Å². The maximum absolute atomic E-state index is 12.4. The van der Waals surface area contributed by atoms with Gasteiger partial charge in [-0.05, 0) is 78.0 Å². The van der Waals surface area contributed by atoms with E-state index in [9.17, 15) is 9.59 Å². The summed E-state index contributed by atoms with van der Waals surface area (Å²) in [6, 6.07) is 9.28. The lowest BCUT2D eigenvalue weighted by molar-refractivity contribution is 0.101. The van der Waals surface area contributed by atoms with Crippen LogP contribution in [0.2, 0.25) is 0 Å². The number of rotatable bonds is 6. The predicted molar refractivity (Wildman–Crippen MR) is 122 cm³/mol. The second kappa shape index (κ2) is 9.19. The van der Waals surface area contributed by atoms with Crippen molar-refractivity contribution in [1.29, 1.82) is 0 Å². The molecule has 3 aromatic rings. The van der Waals surface area contributed by atoms with E-state index < -0.39 is 0 Å². The fraction of sp³-hybridized carbons (Fsp3) is 0.238. The molecule has 0 unspecified atom stereocenters. The fourth-order valence-electron chi connectivity index (χ4n) is 3.25. The summed E-state index contributed by atoms with van der Waals surface area (Å²) in [6.45, 7) is 7.63. The number of hydrogen-bond donors (Lipinski definition) is 1. The van der Waals surface area contributed by atoms with Crippen LogP contribution in [0.25, 0.3) is 0 Å². The lowest BCUT2D eigenvalue weighted by atomic mass is 9.92. The van der Waals surface area contributed by atoms with Crippen LogP contribution in [0, 0.1) is 20.8 Å². The third-order valence-corrected chi connectivity index (χ3v) is 7.26. The summed E-state index contributed by atoms with van der Waals surface area (Å²) in [5.74, 6) is 0.533. The van der Waals surface area contributed by atoms with Crippen LogP contribution >= 0.6 is 39.0 Å². The molecule has 29 heavy (non-hydrogen) atoms. The van der Waals surface area contributed by atoms with Gasteiger partial charge in [-0.2, -0.15) is 0 Å². The van der Waals surface area contributed by atoms with Crippen molar-refractivity contribution in [3.05, 3.63) is 68.2 Å². The van der Waals surface area contributed by atoms with Gasteiger partial charge in [-0.1, -0.05) is 41.3 Å². The van der Waals surface area contributed by atoms with Gasteiger partial charge in [0.05, 0.1) is 5.56 Å². The quantitative estimate of drug-likeness (QED) is 0.262. The zero-order valence-electron chi connectivity index (χ0n) is 16.5. The number of benzene rings is 2. The molecular weight excluding hydrogens is 470 g/mol. The van der Waals surface area contributed by atoms with Crippen LogP contribution < -0.4 is 5.32 Å². The minimum absolute atomic E-state index is 0.0826. The van der Waals surface area contributed by atoms with Crippen LogP contribution in [-0.2, 0) is 5.75 Å². The summed E-state index contributed by atoms with van der Waals surface area (Å²) in [6.07, 6.45) is 0. The van der Waals surface area contributed by atoms with Crippen molar-refractivity contribution in [2.24, 2.45) is 0 Å². The minimum Gasteiger partial charge on any atom is -0.296 e. The fourth-order valence-corrected chi connectivity index (χ4v) is 5.65. The Kier molecular flexibility index (Phi) is 6.87. The highest BCUT2D eigenvalue weighted by Crippen LogP contribution is 2.32. The van der Waals surface area contributed by atoms with E-state index in [1.807, 2.05) is 32.0 Å². The van der Waals surface area contributed by atoms with Gasteiger partial charge in [0.1, 0.15) is 0 Å². The van der Waals surface area contributed by atoms with E-state index in [0.29, 0.717) is 16.4 Å². The summed E-state index contributed by atoms with van der Waals surface area (Å²) in [5, 5.41) is 11.5. The van der Waals surface area contributed by atoms with Crippen molar-refractivity contribution in [2.45, 2.75) is 37.8 Å². The largest absolute Gasteiger partial charge is 0.296 e. The number of hydrogen-bond acceptors (Lipinski definition) is 6. The number of amides is 1. The normalized spacial score (nSPS) is 10.8. The van der Waals surface area contributed by atoms with Crippen molar-refractivity contribution >= 4 is 55.9 Å². The van der Waals surface area contributed by atoms with Crippen LogP contribution in [0.15, 0.2) is 39.1 Å². The topological polar surface area (TPSA) is 72.0 Å². The molecule has 1 amide bonds. The molecule has 1 heterocycles. The molecular formula is C21H20BrN3O2S2. The average molecular weight is 490 g/mol. The average Bonchev–Trinajstić information content (AvgIpc) is 3.08. The Labute approximate surface area is 186 Å². The Bertz CT molecular complexity index is 1100. The summed E-state index contributed by atoms with van der Waals surface area (Å²) in [4.78, 5) is 24.4. The number of nitrogens with one attached hydrogen (secondary N) is 1. The smallest absolute Gasteiger partial charge is 0.258 e. The molecule has 150 valence electrons. The first-order chi connectivity index (χ1) is 13.8. The van der Waals surface area contributed by atoms with Crippen molar-refractivity contribution in [3.8, 4) is 0 Å². The summed E-state index contributed by atoms with van der Waals surface area (Å²) < 4.78 is 1.49. The number of thioether (sulfide) groups is 1. The maximum atomic E-state index is 12.4. The van der Waals surface area contributed by atoms with E-state index in [0.717, 1.165) is 36.6 Å². The van der Waals surface area contributed by atoms with Gasteiger partial charge in [0.15, 0.2) is 10.1 Å². The van der Waals surface area contributed by atoms with E-state index in [1.165, 1.54) is 11.3 Å². The Balaban J connectivity index is 1.72. The monoisotopic (exact) mass is 489 g/mol. The second-order valence-corrected chi connectivity index (χ2v) is 9.70. The number of ketones is 1. The molecule has 1 aromatic heterocycles. The summed E-state index contributed by atoms with van der Waals surface area (Å²) in [5.41, 5.74) is 5.66. The number of anilines is 1. The number of carbonyl (C=O) groups excluding carboxylic acids is 2. The molecule has 3 rings (SSSR count). The first-order valence-corrected chi connectivity index (χ1v) is 11.5. The van der Waals surface area contributed by atoms with Gasteiger partial charge in [0.2, 0.25) is 5.13 Å². The van der Waals surface area contributed by atoms with E-state index in [1.54, 1.807) is 24.8 Å². The van der Waals surface area contributed by atoms with Crippen molar-refractivity contribution in [1.82, 2.24) is 10.2 Å². The molecule has 0 radical (unpaired) electrons. The highest BCUT2D eigenvalue weighted by molar-refractivity contribution is 9.10. The van der Waals surface area contributed by atoms with Crippen LogP contribution in [0.1, 0.15) is 49.9 Å². The Morgan fingerprint density at radius 3 is 2.55 bits per heavy atom. The molecule has 0 saturated heterocycles. The molecule has 0 fully saturated rings. The summed E-state index contributed by atoms with van der Waals surface area (Å²) in [7, 11) is 0. The van der Waals surface area contributed by atoms with Crippen molar-refractivity contribution < 1.29 is 9.59 Å². The van der Waals surface area contributed by atoms with Crippen molar-refractivity contribution in [2.75, 3.05) is 5.32 Å². The molecule has 0 aliphatic carbocycles. The molecule has 0 aliphatic rings. The number of carbonyl (C=O) groups is 2. The van der Waals surface area contributed by atoms with Gasteiger partial charge in [-0.15, -0.1) is 10.2 Å². The Morgan fingerprint density at radius 1 is 1.14 bits per heavy atom. The van der Waals surface area contributed by atoms with Gasteiger partial charge in [0, 0.05) is 15.8 Å². The number of Topliss-reactive ketones (excluding diaryl/α,β-unsaturated/α-hetero) is 1. The lowest BCUT2D eigenvalue weighted by Gasteiger charge is -2.15. The van der Waals surface area contributed by atoms with Crippen LogP contribution in [0.3, 0.4) is 0 Å². The van der Waals surface area contributed by atoms with Gasteiger partial charge in [0.25, 0.3) is 5.91 Å². The highest BCUT2D eigenvalue weighted by Gasteiger charge is 2.16. The summed E-state index contributed by atoms with van der Waals surface area (Å²) >= 11 is 6.26. The molecule has 0 spiro atoms. The van der Waals surface area contributed by atoms with E-state index in [4.69, 9.17) is 0 Å². The zero-order chi connectivity index (χ0) is 21.1. The van der Waals surface area contributed by atoms with E-state index in [2.05, 4.69) is 44.4 Å². The molecule has 2 aromatic carbocycles. The number of nitrogens with zero attached hydrogens (tertiary/aromatic N) is 2. The van der Waals surface area contributed by atoms with E-state index >= 15 is 0 Å². The third-order valence-electron chi connectivity index (χ3n) is 4.57. The molecule has 0 atom stereocenters. The molecule has 0 saturated carbocycles. The van der Waals surface area contributed by atoms with Crippen LogP contribution in [0.5, 0.6) is 0 Å². The van der Waals surface area contributed by atoms with Gasteiger partial charge in [-0.25, -0.2) is 0 Å². The van der Waals surface area contributed by atoms with Crippen molar-refractivity contribution in [3.63, 3.8) is 0 Å². The number of aromatic nitrogens is 2. The Morgan fingerprint density at radius 2 is 1.86 bits per heavy atom. The molecule has 8 heteroatoms. The third kappa shape index (κ3) is 4.94. The van der Waals surface area contributed by atoms with Gasteiger partial charge in [-0.3, -0.25) is 14.9 Å². The molecule has 1 N–H and O–H groups in total. The standard InChI is InChI=1S/C21H20BrN3O2S2/c1-11-9-12(2)18(14(4)26)13(3)16(11)10-28-21-25-24-20(29-21)23-19(27)15-7-5-6-8-17(15)22/h5-9H,10H2,1-4H3,(H,23,24,27). The van der Waals surface area contributed by atoms with E-state index in [-0.39, 0.29) is 11.7 Å². The SMILES string of the molecule is CC(=O)c1c(C)cc(C)c(CSc2nnc(NC(=O)c3ccccc3Br)s2)c1C. The second-order valence-electron chi connectivity index (χ2n) is 6.64. The zero-order valence-corrected chi connectivity index (χ0v) is 19.7. The van der Waals surface area contributed by atoms with Gasteiger partial charge >= 0.3 is 0 Å². The molecule has 0 bridgehead atoms. The van der Waals surface area contributed by atoms with Crippen LogP contribution in [-0.4, -0.2) is 21.9 Å². The first kappa shape index (κ1) is 21.7. The predicted octanol–water partition coefficient (Wildman–Crippen LogP) is 5.97. The minimum atomic E-state index is -0.235. The van der Waals surface area contributed by atoms with Gasteiger partial charge < -0.3 is 0 Å². The lowest BCUT2D eigenvalue weighted by Crippen LogP contribution is -2.12. The number of halogens is 1. The Hall–Kier alpha value is -2.03. The highest BCUT2D eigenvalue weighted by atomic mass is 79.9.